The summed E-state index contributed by atoms with van der Waals surface area (Å²) in [4.78, 5) is 22.7. The summed E-state index contributed by atoms with van der Waals surface area (Å²) < 4.78 is 17.8. The Hall–Kier alpha value is -3.46. The lowest BCUT2D eigenvalue weighted by Gasteiger charge is -2.29. The Labute approximate surface area is 208 Å². The summed E-state index contributed by atoms with van der Waals surface area (Å²) in [6.45, 7) is 4.43. The summed E-state index contributed by atoms with van der Waals surface area (Å²) in [5.41, 5.74) is 1.37. The van der Waals surface area contributed by atoms with E-state index in [0.717, 1.165) is 41.3 Å². The minimum atomic E-state index is -0.109. The van der Waals surface area contributed by atoms with Crippen molar-refractivity contribution in [3.05, 3.63) is 78.4 Å². The molecule has 0 N–H and O–H groups in total. The third-order valence-corrected chi connectivity index (χ3v) is 6.92. The number of anilines is 1. The molecule has 1 aromatic heterocycles. The largest absolute Gasteiger partial charge is 0.497 e. The van der Waals surface area contributed by atoms with Gasteiger partial charge in [-0.1, -0.05) is 35.6 Å². The van der Waals surface area contributed by atoms with Gasteiger partial charge in [0.25, 0.3) is 5.91 Å². The van der Waals surface area contributed by atoms with Gasteiger partial charge in [-0.05, 0) is 42.5 Å². The van der Waals surface area contributed by atoms with Crippen LogP contribution >= 0.6 is 11.3 Å². The van der Waals surface area contributed by atoms with Crippen molar-refractivity contribution in [1.82, 2.24) is 9.88 Å². The number of carbonyl (C=O) groups excluding carboxylic acids is 1. The van der Waals surface area contributed by atoms with Crippen LogP contribution in [0, 0.1) is 0 Å². The van der Waals surface area contributed by atoms with Crippen LogP contribution in [0.15, 0.2) is 72.8 Å². The number of hydrogen-bond donors (Lipinski definition) is 0. The molecule has 0 radical (unpaired) electrons. The smallest absolute Gasteiger partial charge is 0.260 e. The van der Waals surface area contributed by atoms with E-state index < -0.39 is 0 Å². The lowest BCUT2D eigenvalue weighted by atomic mass is 10.2. The van der Waals surface area contributed by atoms with Crippen molar-refractivity contribution in [2.45, 2.75) is 0 Å². The van der Waals surface area contributed by atoms with Crippen molar-refractivity contribution in [2.24, 2.45) is 0 Å². The first kappa shape index (κ1) is 23.3. The zero-order valence-corrected chi connectivity index (χ0v) is 20.4. The van der Waals surface area contributed by atoms with Crippen LogP contribution in [-0.4, -0.2) is 62.3 Å². The molecule has 1 aliphatic heterocycles. The van der Waals surface area contributed by atoms with Gasteiger partial charge in [0.05, 0.1) is 30.5 Å². The summed E-state index contributed by atoms with van der Waals surface area (Å²) >= 11 is 1.50. The SMILES string of the molecule is COc1ccc2sc(N(CCN3CCOCC3)C(=O)c3cccc(Oc4ccccc4)c3)nc2c1. The van der Waals surface area contributed by atoms with Gasteiger partial charge >= 0.3 is 0 Å². The number of benzene rings is 3. The van der Waals surface area contributed by atoms with Crippen LogP contribution in [0.1, 0.15) is 10.4 Å². The van der Waals surface area contributed by atoms with Crippen LogP contribution in [0.3, 0.4) is 0 Å². The molecule has 8 heteroatoms. The van der Waals surface area contributed by atoms with Gasteiger partial charge in [-0.25, -0.2) is 4.98 Å². The molecule has 2 heterocycles. The molecule has 180 valence electrons. The zero-order valence-electron chi connectivity index (χ0n) is 19.6. The number of rotatable bonds is 8. The standard InChI is InChI=1S/C27H27N3O4S/c1-32-22-10-11-25-24(19-22)28-27(35-25)30(13-12-29-14-16-33-17-15-29)26(31)20-6-5-9-23(18-20)34-21-7-3-2-4-8-21/h2-11,18-19H,12-17H2,1H3. The Morgan fingerprint density at radius 1 is 1.00 bits per heavy atom. The molecule has 0 atom stereocenters. The van der Waals surface area contributed by atoms with Crippen molar-refractivity contribution in [1.29, 1.82) is 0 Å². The Balaban J connectivity index is 1.42. The highest BCUT2D eigenvalue weighted by molar-refractivity contribution is 7.22. The highest BCUT2D eigenvalue weighted by Gasteiger charge is 2.23. The number of thiazole rings is 1. The predicted molar refractivity (Wildman–Crippen MR) is 138 cm³/mol. The van der Waals surface area contributed by atoms with Gasteiger partial charge < -0.3 is 14.2 Å². The van der Waals surface area contributed by atoms with Gasteiger partial charge in [0, 0.05) is 37.8 Å². The molecule has 0 spiro atoms. The normalized spacial score (nSPS) is 14.1. The van der Waals surface area contributed by atoms with E-state index in [1.54, 1.807) is 18.1 Å². The van der Waals surface area contributed by atoms with Gasteiger partial charge in [0.15, 0.2) is 5.13 Å². The monoisotopic (exact) mass is 489 g/mol. The van der Waals surface area contributed by atoms with Gasteiger partial charge in [0.2, 0.25) is 0 Å². The van der Waals surface area contributed by atoms with E-state index in [1.807, 2.05) is 66.7 Å². The third kappa shape index (κ3) is 5.62. The number of hydrogen-bond acceptors (Lipinski definition) is 7. The van der Waals surface area contributed by atoms with E-state index in [2.05, 4.69) is 4.90 Å². The van der Waals surface area contributed by atoms with Crippen LogP contribution in [0.25, 0.3) is 10.2 Å². The average Bonchev–Trinajstić information content (AvgIpc) is 3.33. The van der Waals surface area contributed by atoms with Gasteiger partial charge in [0.1, 0.15) is 17.2 Å². The quantitative estimate of drug-likeness (QED) is 0.344. The molecule has 5 rings (SSSR count). The maximum Gasteiger partial charge on any atom is 0.260 e. The summed E-state index contributed by atoms with van der Waals surface area (Å²) in [5.74, 6) is 1.97. The molecule has 0 bridgehead atoms. The van der Waals surface area contributed by atoms with E-state index >= 15 is 0 Å². The average molecular weight is 490 g/mol. The number of para-hydroxylation sites is 1. The Morgan fingerprint density at radius 3 is 2.60 bits per heavy atom. The second-order valence-corrected chi connectivity index (χ2v) is 9.19. The molecular formula is C27H27N3O4S. The van der Waals surface area contributed by atoms with Crippen LogP contribution < -0.4 is 14.4 Å². The molecule has 7 nitrogen and oxygen atoms in total. The number of amides is 1. The molecule has 1 amide bonds. The molecule has 4 aromatic rings. The molecule has 35 heavy (non-hydrogen) atoms. The summed E-state index contributed by atoms with van der Waals surface area (Å²) in [7, 11) is 1.64. The number of nitrogens with zero attached hydrogens (tertiary/aromatic N) is 3. The fourth-order valence-electron chi connectivity index (χ4n) is 3.96. The highest BCUT2D eigenvalue weighted by Crippen LogP contribution is 2.32. The number of fused-ring (bicyclic) bond motifs is 1. The second kappa shape index (κ2) is 10.9. The Bertz CT molecular complexity index is 1290. The van der Waals surface area contributed by atoms with Crippen molar-refractivity contribution >= 4 is 32.6 Å². The molecule has 1 aliphatic rings. The number of ether oxygens (including phenoxy) is 3. The van der Waals surface area contributed by atoms with Gasteiger partial charge in [-0.15, -0.1) is 0 Å². The third-order valence-electron chi connectivity index (χ3n) is 5.86. The molecule has 3 aromatic carbocycles. The van der Waals surface area contributed by atoms with Crippen molar-refractivity contribution in [3.63, 3.8) is 0 Å². The minimum Gasteiger partial charge on any atom is -0.497 e. The lowest BCUT2D eigenvalue weighted by molar-refractivity contribution is 0.0391. The fourth-order valence-corrected chi connectivity index (χ4v) is 4.93. The zero-order chi connectivity index (χ0) is 24.0. The molecule has 1 saturated heterocycles. The minimum absolute atomic E-state index is 0.109. The van der Waals surface area contributed by atoms with Crippen molar-refractivity contribution in [2.75, 3.05) is 51.4 Å². The summed E-state index contributed by atoms with van der Waals surface area (Å²) in [6.07, 6.45) is 0. The second-order valence-electron chi connectivity index (χ2n) is 8.18. The van der Waals surface area contributed by atoms with E-state index in [1.165, 1.54) is 11.3 Å². The molecule has 0 unspecified atom stereocenters. The molecule has 0 saturated carbocycles. The van der Waals surface area contributed by atoms with Crippen molar-refractivity contribution < 1.29 is 19.0 Å². The molecular weight excluding hydrogens is 462 g/mol. The van der Waals surface area contributed by atoms with Gasteiger partial charge in [-0.3, -0.25) is 14.6 Å². The first-order valence-electron chi connectivity index (χ1n) is 11.6. The lowest BCUT2D eigenvalue weighted by Crippen LogP contribution is -2.43. The molecule has 0 aliphatic carbocycles. The van der Waals surface area contributed by atoms with Crippen LogP contribution in [-0.2, 0) is 4.74 Å². The first-order valence-corrected chi connectivity index (χ1v) is 12.4. The number of carbonyl (C=O) groups is 1. The van der Waals surface area contributed by atoms with Crippen LogP contribution in [0.4, 0.5) is 5.13 Å². The van der Waals surface area contributed by atoms with E-state index in [0.29, 0.717) is 36.2 Å². The van der Waals surface area contributed by atoms with E-state index in [4.69, 9.17) is 19.2 Å². The Kier molecular flexibility index (Phi) is 7.23. The highest BCUT2D eigenvalue weighted by atomic mass is 32.1. The number of morpholine rings is 1. The first-order chi connectivity index (χ1) is 17.2. The summed E-state index contributed by atoms with van der Waals surface area (Å²) in [6, 6.07) is 22.6. The fraction of sp³-hybridized carbons (Fsp3) is 0.259. The summed E-state index contributed by atoms with van der Waals surface area (Å²) in [5, 5.41) is 0.667. The Morgan fingerprint density at radius 2 is 1.80 bits per heavy atom. The van der Waals surface area contributed by atoms with Crippen molar-refractivity contribution in [3.8, 4) is 17.2 Å². The van der Waals surface area contributed by atoms with E-state index in [-0.39, 0.29) is 5.91 Å². The van der Waals surface area contributed by atoms with Crippen LogP contribution in [0.2, 0.25) is 0 Å². The molecule has 1 fully saturated rings. The topological polar surface area (TPSA) is 64.1 Å². The van der Waals surface area contributed by atoms with Gasteiger partial charge in [-0.2, -0.15) is 0 Å². The maximum atomic E-state index is 13.8. The number of aromatic nitrogens is 1. The predicted octanol–water partition coefficient (Wildman–Crippen LogP) is 5.08. The maximum absolute atomic E-state index is 13.8. The van der Waals surface area contributed by atoms with Crippen LogP contribution in [0.5, 0.6) is 17.2 Å². The van der Waals surface area contributed by atoms with E-state index in [9.17, 15) is 4.79 Å². The number of methoxy groups -OCH3 is 1.